The molecule has 5 nitrogen and oxygen atoms in total. The Balaban J connectivity index is 1.99. The molecule has 120 valence electrons. The molecule has 24 heavy (non-hydrogen) atoms. The van der Waals surface area contributed by atoms with Gasteiger partial charge in [-0.05, 0) is 37.3 Å². The second kappa shape index (κ2) is 6.08. The number of nitrogen functional groups attached to an aromatic ring is 1. The van der Waals surface area contributed by atoms with Crippen LogP contribution in [0.2, 0.25) is 0 Å². The topological polar surface area (TPSA) is 78.0 Å². The van der Waals surface area contributed by atoms with Crippen LogP contribution in [-0.4, -0.2) is 21.3 Å². The number of hydrogen-bond acceptors (Lipinski definition) is 4. The van der Waals surface area contributed by atoms with Crippen molar-refractivity contribution >= 4 is 17.4 Å². The molecule has 0 radical (unpaired) electrons. The summed E-state index contributed by atoms with van der Waals surface area (Å²) in [5, 5.41) is 4.10. The Morgan fingerprint density at radius 3 is 2.42 bits per heavy atom. The lowest BCUT2D eigenvalue weighted by atomic mass is 10.0. The molecule has 3 aromatic rings. The zero-order valence-electron chi connectivity index (χ0n) is 12.9. The van der Waals surface area contributed by atoms with Crippen LogP contribution in [-0.2, 0) is 0 Å². The largest absolute Gasteiger partial charge is 0.383 e. The number of nitrogens with two attached hydrogens (primary N) is 1. The summed E-state index contributed by atoms with van der Waals surface area (Å²) >= 11 is 0. The minimum atomic E-state index is -0.373. The van der Waals surface area contributed by atoms with Crippen molar-refractivity contribution in [1.29, 1.82) is 0 Å². The van der Waals surface area contributed by atoms with Crippen LogP contribution in [0.3, 0.4) is 0 Å². The molecule has 0 spiro atoms. The van der Waals surface area contributed by atoms with Gasteiger partial charge in [0.05, 0.1) is 17.4 Å². The average molecular weight is 323 g/mol. The molecule has 1 heterocycles. The molecule has 0 atom stereocenters. The number of carbonyl (C=O) groups excluding carboxylic acids is 2. The Morgan fingerprint density at radius 1 is 1.08 bits per heavy atom. The molecule has 0 saturated heterocycles. The molecule has 3 rings (SSSR count). The van der Waals surface area contributed by atoms with Gasteiger partial charge in [-0.1, -0.05) is 18.2 Å². The fourth-order valence-corrected chi connectivity index (χ4v) is 2.36. The lowest BCUT2D eigenvalue weighted by Crippen LogP contribution is -2.08. The first kappa shape index (κ1) is 15.6. The number of hydrogen-bond donors (Lipinski definition) is 1. The first-order chi connectivity index (χ1) is 11.5. The molecule has 0 fully saturated rings. The van der Waals surface area contributed by atoms with E-state index in [2.05, 4.69) is 5.10 Å². The van der Waals surface area contributed by atoms with E-state index in [1.54, 1.807) is 18.2 Å². The van der Waals surface area contributed by atoms with Gasteiger partial charge in [-0.2, -0.15) is 5.10 Å². The van der Waals surface area contributed by atoms with E-state index in [4.69, 9.17) is 5.73 Å². The number of Topliss-reactive ketones (excluding diaryl/α,β-unsaturated/α-hetero) is 1. The third-order valence-electron chi connectivity index (χ3n) is 3.65. The Hall–Kier alpha value is -3.28. The molecule has 1 aromatic heterocycles. The van der Waals surface area contributed by atoms with Gasteiger partial charge in [0.25, 0.3) is 0 Å². The van der Waals surface area contributed by atoms with Gasteiger partial charge in [0.2, 0.25) is 0 Å². The first-order valence-electron chi connectivity index (χ1n) is 7.22. The molecular weight excluding hydrogens is 309 g/mol. The summed E-state index contributed by atoms with van der Waals surface area (Å²) in [7, 11) is 0. The second-order valence-corrected chi connectivity index (χ2v) is 5.30. The predicted octanol–water partition coefficient (Wildman–Crippen LogP) is 3.03. The quantitative estimate of drug-likeness (QED) is 0.749. The Morgan fingerprint density at radius 2 is 1.75 bits per heavy atom. The molecule has 0 aliphatic heterocycles. The van der Waals surface area contributed by atoms with E-state index in [9.17, 15) is 14.0 Å². The number of rotatable bonds is 4. The zero-order chi connectivity index (χ0) is 17.3. The van der Waals surface area contributed by atoms with Crippen LogP contribution in [0.15, 0.2) is 54.7 Å². The van der Waals surface area contributed by atoms with Gasteiger partial charge in [0, 0.05) is 11.1 Å². The summed E-state index contributed by atoms with van der Waals surface area (Å²) in [6.07, 6.45) is 1.36. The van der Waals surface area contributed by atoms with Crippen LogP contribution >= 0.6 is 0 Å². The van der Waals surface area contributed by atoms with Crippen molar-refractivity contribution in [2.45, 2.75) is 6.92 Å². The summed E-state index contributed by atoms with van der Waals surface area (Å²) in [6, 6.07) is 12.0. The van der Waals surface area contributed by atoms with Gasteiger partial charge >= 0.3 is 0 Å². The van der Waals surface area contributed by atoms with E-state index in [0.717, 1.165) is 0 Å². The molecule has 0 amide bonds. The molecule has 0 bridgehead atoms. The molecule has 0 aliphatic rings. The fraction of sp³-hybridized carbons (Fsp3) is 0.0556. The number of nitrogens with zero attached hydrogens (tertiary/aromatic N) is 2. The summed E-state index contributed by atoms with van der Waals surface area (Å²) in [5.74, 6) is -0.676. The summed E-state index contributed by atoms with van der Waals surface area (Å²) in [6.45, 7) is 1.44. The fourth-order valence-electron chi connectivity index (χ4n) is 2.36. The lowest BCUT2D eigenvalue weighted by molar-refractivity contribution is 0.101. The van der Waals surface area contributed by atoms with Crippen LogP contribution in [0, 0.1) is 5.82 Å². The molecule has 2 N–H and O–H groups in total. The Labute approximate surface area is 137 Å². The average Bonchev–Trinajstić information content (AvgIpc) is 2.96. The first-order valence-corrected chi connectivity index (χ1v) is 7.22. The molecule has 0 unspecified atom stereocenters. The standard InChI is InChI=1S/C18H14FN3O2/c1-11(23)12-3-2-4-13(9-12)17(24)16-10-21-22(18(16)20)15-7-5-14(19)6-8-15/h2-10H,20H2,1H3. The van der Waals surface area contributed by atoms with Crippen molar-refractivity contribution in [3.05, 3.63) is 77.2 Å². The van der Waals surface area contributed by atoms with E-state index in [1.807, 2.05) is 0 Å². The summed E-state index contributed by atoms with van der Waals surface area (Å²) < 4.78 is 14.4. The van der Waals surface area contributed by atoms with E-state index in [-0.39, 0.29) is 28.8 Å². The lowest BCUT2D eigenvalue weighted by Gasteiger charge is -2.05. The highest BCUT2D eigenvalue weighted by Crippen LogP contribution is 2.21. The van der Waals surface area contributed by atoms with Crippen molar-refractivity contribution < 1.29 is 14.0 Å². The van der Waals surface area contributed by atoms with Crippen LogP contribution < -0.4 is 5.73 Å². The van der Waals surface area contributed by atoms with E-state index in [1.165, 1.54) is 48.1 Å². The van der Waals surface area contributed by atoms with Gasteiger partial charge in [0.1, 0.15) is 11.6 Å². The maximum absolute atomic E-state index is 13.0. The van der Waals surface area contributed by atoms with Crippen molar-refractivity contribution in [1.82, 2.24) is 9.78 Å². The van der Waals surface area contributed by atoms with Crippen molar-refractivity contribution in [2.24, 2.45) is 0 Å². The van der Waals surface area contributed by atoms with Gasteiger partial charge in [0.15, 0.2) is 11.6 Å². The highest BCUT2D eigenvalue weighted by molar-refractivity contribution is 6.12. The number of ketones is 2. The van der Waals surface area contributed by atoms with Crippen molar-refractivity contribution in [2.75, 3.05) is 5.73 Å². The van der Waals surface area contributed by atoms with Crippen LogP contribution in [0.5, 0.6) is 0 Å². The highest BCUT2D eigenvalue weighted by atomic mass is 19.1. The normalized spacial score (nSPS) is 10.6. The monoisotopic (exact) mass is 323 g/mol. The van der Waals surface area contributed by atoms with E-state index in [0.29, 0.717) is 16.8 Å². The molecule has 6 heteroatoms. The number of anilines is 1. The highest BCUT2D eigenvalue weighted by Gasteiger charge is 2.18. The minimum Gasteiger partial charge on any atom is -0.383 e. The minimum absolute atomic E-state index is 0.125. The van der Waals surface area contributed by atoms with Gasteiger partial charge in [-0.3, -0.25) is 9.59 Å². The number of benzene rings is 2. The molecule has 0 saturated carbocycles. The summed E-state index contributed by atoms with van der Waals surface area (Å²) in [4.78, 5) is 24.1. The van der Waals surface area contributed by atoms with Crippen LogP contribution in [0.1, 0.15) is 33.2 Å². The SMILES string of the molecule is CC(=O)c1cccc(C(=O)c2cnn(-c3ccc(F)cc3)c2N)c1. The van der Waals surface area contributed by atoms with Crippen molar-refractivity contribution in [3.63, 3.8) is 0 Å². The molecule has 0 aliphatic carbocycles. The van der Waals surface area contributed by atoms with Gasteiger partial charge < -0.3 is 5.73 Å². The van der Waals surface area contributed by atoms with Gasteiger partial charge in [-0.25, -0.2) is 9.07 Å². The maximum atomic E-state index is 13.0. The number of aromatic nitrogens is 2. The maximum Gasteiger partial charge on any atom is 0.198 e. The molecule has 2 aromatic carbocycles. The smallest absolute Gasteiger partial charge is 0.198 e. The number of carbonyl (C=O) groups is 2. The van der Waals surface area contributed by atoms with E-state index >= 15 is 0 Å². The third-order valence-corrected chi connectivity index (χ3v) is 3.65. The second-order valence-electron chi connectivity index (χ2n) is 5.30. The van der Waals surface area contributed by atoms with Crippen LogP contribution in [0.4, 0.5) is 10.2 Å². The zero-order valence-corrected chi connectivity index (χ0v) is 12.9. The summed E-state index contributed by atoms with van der Waals surface area (Å²) in [5.41, 5.74) is 7.60. The number of halogens is 1. The van der Waals surface area contributed by atoms with Gasteiger partial charge in [-0.15, -0.1) is 0 Å². The predicted molar refractivity (Wildman–Crippen MR) is 87.8 cm³/mol. The Bertz CT molecular complexity index is 930. The molecular formula is C18H14FN3O2. The third kappa shape index (κ3) is 2.81. The van der Waals surface area contributed by atoms with E-state index < -0.39 is 0 Å². The van der Waals surface area contributed by atoms with Crippen molar-refractivity contribution in [3.8, 4) is 5.69 Å². The Kier molecular flexibility index (Phi) is 3.95. The van der Waals surface area contributed by atoms with Crippen LogP contribution in [0.25, 0.3) is 5.69 Å².